The molecule has 0 spiro atoms. The van der Waals surface area contributed by atoms with Gasteiger partial charge in [0.15, 0.2) is 11.5 Å². The summed E-state index contributed by atoms with van der Waals surface area (Å²) >= 11 is 1.19. The van der Waals surface area contributed by atoms with Crippen molar-refractivity contribution in [1.82, 2.24) is 4.90 Å². The van der Waals surface area contributed by atoms with E-state index in [0.717, 1.165) is 4.88 Å². The van der Waals surface area contributed by atoms with Crippen molar-refractivity contribution < 1.29 is 19.4 Å². The molecule has 0 fully saturated rings. The maximum atomic E-state index is 11.7. The molecule has 0 atom stereocenters. The highest BCUT2D eigenvalue weighted by atomic mass is 32.1. The van der Waals surface area contributed by atoms with Gasteiger partial charge in [0, 0.05) is 18.5 Å². The lowest BCUT2D eigenvalue weighted by atomic mass is 9.95. The van der Waals surface area contributed by atoms with E-state index < -0.39 is 5.97 Å². The van der Waals surface area contributed by atoms with Gasteiger partial charge in [0.25, 0.3) is 5.91 Å². The fourth-order valence-corrected chi connectivity index (χ4v) is 2.42. The van der Waals surface area contributed by atoms with Gasteiger partial charge in [-0.2, -0.15) is 0 Å². The van der Waals surface area contributed by atoms with Crippen LogP contribution in [-0.4, -0.2) is 42.1 Å². The van der Waals surface area contributed by atoms with Gasteiger partial charge in [-0.05, 0) is 18.4 Å². The summed E-state index contributed by atoms with van der Waals surface area (Å²) in [5.41, 5.74) is -0.152. The molecule has 112 valence electrons. The van der Waals surface area contributed by atoms with Crippen LogP contribution < -0.4 is 4.74 Å². The third-order valence-corrected chi connectivity index (χ3v) is 4.41. The molecule has 1 aromatic rings. The fraction of sp³-hybridized carbons (Fsp3) is 0.571. The highest BCUT2D eigenvalue weighted by molar-refractivity contribution is 7.14. The van der Waals surface area contributed by atoms with Crippen molar-refractivity contribution in [2.75, 3.05) is 20.2 Å². The average Bonchev–Trinajstić information content (AvgIpc) is 2.79. The Bertz CT molecular complexity index is 502. The van der Waals surface area contributed by atoms with Crippen molar-refractivity contribution in [3.8, 4) is 5.75 Å². The van der Waals surface area contributed by atoms with E-state index >= 15 is 0 Å². The number of nitrogens with zero attached hydrogens (tertiary/aromatic N) is 1. The van der Waals surface area contributed by atoms with E-state index in [-0.39, 0.29) is 28.6 Å². The number of hydrogen-bond donors (Lipinski definition) is 1. The molecule has 0 unspecified atom stereocenters. The first kappa shape index (κ1) is 16.5. The molecule has 0 saturated carbocycles. The normalized spacial score (nSPS) is 11.2. The number of aromatic carboxylic acids is 1. The number of hydrogen-bond acceptors (Lipinski definition) is 4. The molecular weight excluding hydrogens is 278 g/mol. The van der Waals surface area contributed by atoms with Gasteiger partial charge in [0.2, 0.25) is 0 Å². The first-order valence-corrected chi connectivity index (χ1v) is 7.22. The number of rotatable bonds is 5. The third-order valence-electron chi connectivity index (χ3n) is 2.88. The molecule has 5 nitrogen and oxygen atoms in total. The quantitative estimate of drug-likeness (QED) is 0.907. The minimum absolute atomic E-state index is 0.141. The summed E-state index contributed by atoms with van der Waals surface area (Å²) in [5, 5.41) is 9.20. The Kier molecular flexibility index (Phi) is 5.16. The lowest BCUT2D eigenvalue weighted by Crippen LogP contribution is -2.31. The minimum atomic E-state index is -1.03. The Morgan fingerprint density at radius 1 is 1.40 bits per heavy atom. The number of likely N-dealkylation sites (N-methyl/N-ethyl adjacent to an activating group) is 1. The van der Waals surface area contributed by atoms with Crippen molar-refractivity contribution >= 4 is 23.2 Å². The molecule has 0 aliphatic rings. The number of carboxylic acid groups (broad SMARTS) is 1. The predicted molar refractivity (Wildman–Crippen MR) is 78.8 cm³/mol. The van der Waals surface area contributed by atoms with Gasteiger partial charge in [-0.25, -0.2) is 4.79 Å². The molecular formula is C14H21NO4S. The third kappa shape index (κ3) is 3.96. The minimum Gasteiger partial charge on any atom is -0.482 e. The number of thiophene rings is 1. The van der Waals surface area contributed by atoms with Gasteiger partial charge >= 0.3 is 5.97 Å². The second-order valence-electron chi connectivity index (χ2n) is 5.56. The van der Waals surface area contributed by atoms with Gasteiger partial charge in [-0.15, -0.1) is 11.3 Å². The van der Waals surface area contributed by atoms with Crippen LogP contribution in [0.3, 0.4) is 0 Å². The highest BCUT2D eigenvalue weighted by Crippen LogP contribution is 2.36. The second kappa shape index (κ2) is 6.26. The van der Waals surface area contributed by atoms with Crippen LogP contribution in [0.4, 0.5) is 0 Å². The molecule has 20 heavy (non-hydrogen) atoms. The monoisotopic (exact) mass is 299 g/mol. The summed E-state index contributed by atoms with van der Waals surface area (Å²) in [7, 11) is 1.68. The topological polar surface area (TPSA) is 66.8 Å². The molecule has 0 bridgehead atoms. The van der Waals surface area contributed by atoms with E-state index in [0.29, 0.717) is 6.54 Å². The number of carboxylic acids is 1. The zero-order valence-corrected chi connectivity index (χ0v) is 13.3. The van der Waals surface area contributed by atoms with Gasteiger partial charge in [0.05, 0.1) is 0 Å². The largest absolute Gasteiger partial charge is 0.482 e. The van der Waals surface area contributed by atoms with E-state index in [1.807, 2.05) is 27.7 Å². The van der Waals surface area contributed by atoms with E-state index in [2.05, 4.69) is 0 Å². The van der Waals surface area contributed by atoms with Crippen LogP contribution in [0, 0.1) is 0 Å². The molecule has 0 radical (unpaired) electrons. The average molecular weight is 299 g/mol. The number of carbonyl (C=O) groups is 2. The van der Waals surface area contributed by atoms with Crippen LogP contribution in [0.2, 0.25) is 0 Å². The standard InChI is InChI=1S/C14H21NO4S/c1-6-15(5)11(16)8-19-9-7-10(14(2,3)4)20-12(9)13(17)18/h7H,6,8H2,1-5H3,(H,17,18). The van der Waals surface area contributed by atoms with Crippen molar-refractivity contribution in [2.24, 2.45) is 0 Å². The molecule has 1 rings (SSSR count). The van der Waals surface area contributed by atoms with Crippen molar-refractivity contribution in [3.05, 3.63) is 15.8 Å². The zero-order valence-electron chi connectivity index (χ0n) is 12.5. The van der Waals surface area contributed by atoms with E-state index in [1.54, 1.807) is 13.1 Å². The highest BCUT2D eigenvalue weighted by Gasteiger charge is 2.24. The second-order valence-corrected chi connectivity index (χ2v) is 6.61. The van der Waals surface area contributed by atoms with Gasteiger partial charge in [-0.1, -0.05) is 20.8 Å². The molecule has 1 amide bonds. The van der Waals surface area contributed by atoms with Crippen molar-refractivity contribution in [3.63, 3.8) is 0 Å². The summed E-state index contributed by atoms with van der Waals surface area (Å²) in [5.74, 6) is -0.936. The Balaban J connectivity index is 2.91. The molecule has 0 aliphatic carbocycles. The Hall–Kier alpha value is -1.56. The van der Waals surface area contributed by atoms with Crippen LogP contribution in [0.25, 0.3) is 0 Å². The molecule has 0 aliphatic heterocycles. The van der Waals surface area contributed by atoms with Gasteiger partial charge < -0.3 is 14.7 Å². The van der Waals surface area contributed by atoms with Crippen LogP contribution in [0.15, 0.2) is 6.07 Å². The van der Waals surface area contributed by atoms with Crippen molar-refractivity contribution in [1.29, 1.82) is 0 Å². The van der Waals surface area contributed by atoms with Crippen LogP contribution >= 0.6 is 11.3 Å². The lowest BCUT2D eigenvalue weighted by molar-refractivity contribution is -0.131. The molecule has 1 N–H and O–H groups in total. The molecule has 0 aromatic carbocycles. The summed E-state index contributed by atoms with van der Waals surface area (Å²) in [6, 6.07) is 1.72. The van der Waals surface area contributed by atoms with Gasteiger partial charge in [0.1, 0.15) is 5.75 Å². The van der Waals surface area contributed by atoms with E-state index in [4.69, 9.17) is 4.74 Å². The van der Waals surface area contributed by atoms with Crippen LogP contribution in [0.5, 0.6) is 5.75 Å². The maximum Gasteiger partial charge on any atom is 0.349 e. The van der Waals surface area contributed by atoms with Gasteiger partial charge in [-0.3, -0.25) is 4.79 Å². The van der Waals surface area contributed by atoms with E-state index in [9.17, 15) is 14.7 Å². The number of ether oxygens (including phenoxy) is 1. The Morgan fingerprint density at radius 2 is 2.00 bits per heavy atom. The first-order chi connectivity index (χ1) is 9.16. The van der Waals surface area contributed by atoms with Crippen molar-refractivity contribution in [2.45, 2.75) is 33.1 Å². The lowest BCUT2D eigenvalue weighted by Gasteiger charge is -2.15. The summed E-state index contributed by atoms with van der Waals surface area (Å²) in [6.07, 6.45) is 0. The molecule has 1 heterocycles. The number of carbonyl (C=O) groups excluding carboxylic acids is 1. The molecule has 1 aromatic heterocycles. The molecule has 0 saturated heterocycles. The molecule has 6 heteroatoms. The fourth-order valence-electron chi connectivity index (χ4n) is 1.43. The Labute approximate surface area is 123 Å². The smallest absolute Gasteiger partial charge is 0.349 e. The SMILES string of the molecule is CCN(C)C(=O)COc1cc(C(C)(C)C)sc1C(=O)O. The maximum absolute atomic E-state index is 11.7. The number of amides is 1. The predicted octanol–water partition coefficient (Wildman–Crippen LogP) is 2.60. The summed E-state index contributed by atoms with van der Waals surface area (Å²) in [6.45, 7) is 8.32. The summed E-state index contributed by atoms with van der Waals surface area (Å²) < 4.78 is 5.40. The summed E-state index contributed by atoms with van der Waals surface area (Å²) in [4.78, 5) is 25.5. The van der Waals surface area contributed by atoms with Crippen LogP contribution in [0.1, 0.15) is 42.2 Å². The first-order valence-electron chi connectivity index (χ1n) is 6.41. The zero-order chi connectivity index (χ0) is 15.5. The van der Waals surface area contributed by atoms with Crippen LogP contribution in [-0.2, 0) is 10.2 Å². The Morgan fingerprint density at radius 3 is 2.45 bits per heavy atom. The van der Waals surface area contributed by atoms with E-state index in [1.165, 1.54) is 16.2 Å².